The molecule has 1 unspecified atom stereocenters. The van der Waals surface area contributed by atoms with Crippen LogP contribution in [0.1, 0.15) is 41.9 Å². The van der Waals surface area contributed by atoms with Crippen molar-refractivity contribution >= 4 is 11.8 Å². The van der Waals surface area contributed by atoms with Crippen LogP contribution in [0.25, 0.3) is 0 Å². The Kier molecular flexibility index (Phi) is 4.77. The van der Waals surface area contributed by atoms with E-state index in [9.17, 15) is 9.90 Å². The summed E-state index contributed by atoms with van der Waals surface area (Å²) in [4.78, 5) is 16.0. The van der Waals surface area contributed by atoms with Gasteiger partial charge in [0.1, 0.15) is 5.56 Å². The van der Waals surface area contributed by atoms with Gasteiger partial charge in [0.2, 0.25) is 0 Å². The zero-order valence-electron chi connectivity index (χ0n) is 13.3. The summed E-state index contributed by atoms with van der Waals surface area (Å²) in [7, 11) is 4.10. The second-order valence-electron chi connectivity index (χ2n) is 5.69. The Labute approximate surface area is 125 Å². The van der Waals surface area contributed by atoms with Crippen molar-refractivity contribution in [3.63, 3.8) is 0 Å². The minimum absolute atomic E-state index is 0.337. The summed E-state index contributed by atoms with van der Waals surface area (Å²) in [5.41, 5.74) is 1.95. The fourth-order valence-corrected chi connectivity index (χ4v) is 2.96. The average molecular weight is 292 g/mol. The lowest BCUT2D eigenvalue weighted by Gasteiger charge is -2.23. The van der Waals surface area contributed by atoms with E-state index in [1.807, 2.05) is 13.8 Å². The second-order valence-corrected chi connectivity index (χ2v) is 5.69. The lowest BCUT2D eigenvalue weighted by molar-refractivity contribution is 0.0695. The fourth-order valence-electron chi connectivity index (χ4n) is 2.96. The van der Waals surface area contributed by atoms with Gasteiger partial charge in [0.15, 0.2) is 5.82 Å². The highest BCUT2D eigenvalue weighted by atomic mass is 16.4. The van der Waals surface area contributed by atoms with Crippen LogP contribution >= 0.6 is 0 Å². The molecule has 2 heterocycles. The van der Waals surface area contributed by atoms with Gasteiger partial charge in [0.25, 0.3) is 0 Å². The predicted molar refractivity (Wildman–Crippen MR) is 82.1 cm³/mol. The molecular formula is C15H24N4O2. The van der Waals surface area contributed by atoms with Crippen LogP contribution in [0.5, 0.6) is 0 Å². The molecule has 116 valence electrons. The minimum Gasteiger partial charge on any atom is -0.478 e. The monoisotopic (exact) mass is 292 g/mol. The van der Waals surface area contributed by atoms with E-state index in [4.69, 9.17) is 0 Å². The molecule has 0 spiro atoms. The van der Waals surface area contributed by atoms with Crippen molar-refractivity contribution < 1.29 is 9.90 Å². The molecule has 6 heteroatoms. The Bertz CT molecular complexity index is 531. The molecule has 1 atom stereocenters. The zero-order chi connectivity index (χ0) is 15.6. The highest BCUT2D eigenvalue weighted by molar-refractivity contribution is 5.95. The molecule has 1 saturated heterocycles. The summed E-state index contributed by atoms with van der Waals surface area (Å²) in [5, 5.41) is 18.1. The van der Waals surface area contributed by atoms with Crippen molar-refractivity contribution in [1.82, 2.24) is 15.1 Å². The molecule has 1 aromatic rings. The van der Waals surface area contributed by atoms with Crippen LogP contribution < -0.4 is 4.90 Å². The van der Waals surface area contributed by atoms with E-state index in [1.165, 1.54) is 0 Å². The fraction of sp³-hybridized carbons (Fsp3) is 0.667. The number of hydrogen-bond acceptors (Lipinski definition) is 5. The molecule has 1 fully saturated rings. The van der Waals surface area contributed by atoms with E-state index in [-0.39, 0.29) is 0 Å². The van der Waals surface area contributed by atoms with Gasteiger partial charge >= 0.3 is 5.97 Å². The highest BCUT2D eigenvalue weighted by Crippen LogP contribution is 2.27. The predicted octanol–water partition coefficient (Wildman–Crippen LogP) is 1.44. The average Bonchev–Trinajstić information content (AvgIpc) is 2.95. The normalized spacial score (nSPS) is 18.5. The number of carbonyl (C=O) groups is 1. The Morgan fingerprint density at radius 2 is 2.05 bits per heavy atom. The number of likely N-dealkylation sites (N-methyl/N-ethyl adjacent to an activating group) is 1. The SMILES string of the molecule is CCc1nnc(N2CCC(N(C)C)C2)c(C(=O)O)c1CC. The van der Waals surface area contributed by atoms with E-state index >= 15 is 0 Å². The number of hydrogen-bond donors (Lipinski definition) is 1. The van der Waals surface area contributed by atoms with Gasteiger partial charge in [-0.05, 0) is 38.9 Å². The number of aryl methyl sites for hydroxylation is 1. The maximum atomic E-state index is 11.7. The summed E-state index contributed by atoms with van der Waals surface area (Å²) in [6, 6.07) is 0.435. The molecular weight excluding hydrogens is 268 g/mol. The third kappa shape index (κ3) is 3.00. The molecule has 1 aliphatic rings. The van der Waals surface area contributed by atoms with Crippen LogP contribution in [-0.4, -0.2) is 59.4 Å². The van der Waals surface area contributed by atoms with Crippen LogP contribution in [0.2, 0.25) is 0 Å². The van der Waals surface area contributed by atoms with Crippen molar-refractivity contribution in [2.75, 3.05) is 32.1 Å². The molecule has 1 N–H and O–H groups in total. The van der Waals surface area contributed by atoms with Crippen molar-refractivity contribution in [3.8, 4) is 0 Å². The zero-order valence-corrected chi connectivity index (χ0v) is 13.3. The van der Waals surface area contributed by atoms with Crippen LogP contribution in [0.3, 0.4) is 0 Å². The number of anilines is 1. The van der Waals surface area contributed by atoms with Crippen LogP contribution in [0.4, 0.5) is 5.82 Å². The van der Waals surface area contributed by atoms with Crippen molar-refractivity contribution in [2.24, 2.45) is 0 Å². The molecule has 0 saturated carbocycles. The largest absolute Gasteiger partial charge is 0.478 e. The van der Waals surface area contributed by atoms with Gasteiger partial charge in [0.05, 0.1) is 5.69 Å². The van der Waals surface area contributed by atoms with E-state index in [1.54, 1.807) is 0 Å². The Morgan fingerprint density at radius 1 is 1.33 bits per heavy atom. The van der Waals surface area contributed by atoms with E-state index in [2.05, 4.69) is 34.1 Å². The second kappa shape index (κ2) is 6.39. The van der Waals surface area contributed by atoms with E-state index < -0.39 is 5.97 Å². The van der Waals surface area contributed by atoms with Crippen LogP contribution in [-0.2, 0) is 12.8 Å². The number of rotatable bonds is 5. The van der Waals surface area contributed by atoms with Gasteiger partial charge in [0, 0.05) is 19.1 Å². The standard InChI is InChI=1S/C15H24N4O2/c1-5-11-12(6-2)16-17-14(13(11)15(20)21)19-8-7-10(9-19)18(3)4/h10H,5-9H2,1-4H3,(H,20,21). The molecule has 0 radical (unpaired) electrons. The third-order valence-electron chi connectivity index (χ3n) is 4.23. The quantitative estimate of drug-likeness (QED) is 0.885. The first-order valence-corrected chi connectivity index (χ1v) is 7.52. The molecule has 6 nitrogen and oxygen atoms in total. The number of aromatic nitrogens is 2. The smallest absolute Gasteiger partial charge is 0.339 e. The summed E-state index contributed by atoms with van der Waals surface area (Å²) >= 11 is 0. The van der Waals surface area contributed by atoms with Crippen molar-refractivity contribution in [2.45, 2.75) is 39.2 Å². The molecule has 0 amide bonds. The first kappa shape index (κ1) is 15.7. The topological polar surface area (TPSA) is 69.6 Å². The Morgan fingerprint density at radius 3 is 2.52 bits per heavy atom. The molecule has 21 heavy (non-hydrogen) atoms. The summed E-state index contributed by atoms with van der Waals surface area (Å²) in [6.45, 7) is 5.58. The third-order valence-corrected chi connectivity index (χ3v) is 4.23. The number of aromatic carboxylic acids is 1. The minimum atomic E-state index is -0.903. The first-order valence-electron chi connectivity index (χ1n) is 7.52. The van der Waals surface area contributed by atoms with Gasteiger partial charge in [-0.15, -0.1) is 5.10 Å². The van der Waals surface area contributed by atoms with E-state index in [0.29, 0.717) is 30.3 Å². The molecule has 0 aromatic carbocycles. The number of carboxylic acids is 1. The molecule has 1 aliphatic heterocycles. The molecule has 0 bridgehead atoms. The maximum absolute atomic E-state index is 11.7. The van der Waals surface area contributed by atoms with Gasteiger partial charge in [-0.25, -0.2) is 4.79 Å². The van der Waals surface area contributed by atoms with Gasteiger partial charge in [-0.3, -0.25) is 0 Å². The Hall–Kier alpha value is -1.69. The maximum Gasteiger partial charge on any atom is 0.339 e. The highest BCUT2D eigenvalue weighted by Gasteiger charge is 2.30. The molecule has 0 aliphatic carbocycles. The van der Waals surface area contributed by atoms with Gasteiger partial charge in [-0.2, -0.15) is 5.10 Å². The van der Waals surface area contributed by atoms with Crippen LogP contribution in [0.15, 0.2) is 0 Å². The van der Waals surface area contributed by atoms with Gasteiger partial charge in [-0.1, -0.05) is 13.8 Å². The molecule has 1 aromatic heterocycles. The van der Waals surface area contributed by atoms with Crippen molar-refractivity contribution in [1.29, 1.82) is 0 Å². The first-order chi connectivity index (χ1) is 9.99. The summed E-state index contributed by atoms with van der Waals surface area (Å²) in [6.07, 6.45) is 2.39. The lowest BCUT2D eigenvalue weighted by atomic mass is 10.0. The molecule has 2 rings (SSSR count). The number of nitrogens with zero attached hydrogens (tertiary/aromatic N) is 4. The summed E-state index contributed by atoms with van der Waals surface area (Å²) in [5.74, 6) is -0.374. The van der Waals surface area contributed by atoms with Crippen molar-refractivity contribution in [3.05, 3.63) is 16.8 Å². The lowest BCUT2D eigenvalue weighted by Crippen LogP contribution is -2.32. The summed E-state index contributed by atoms with van der Waals surface area (Å²) < 4.78 is 0. The number of carboxylic acid groups (broad SMARTS) is 1. The Balaban J connectivity index is 2.42. The van der Waals surface area contributed by atoms with Gasteiger partial charge < -0.3 is 14.9 Å². The van der Waals surface area contributed by atoms with Crippen LogP contribution in [0, 0.1) is 0 Å². The van der Waals surface area contributed by atoms with E-state index in [0.717, 1.165) is 30.8 Å².